The molecule has 1 aromatic rings. The van der Waals surface area contributed by atoms with Crippen molar-refractivity contribution in [1.82, 2.24) is 10.2 Å². The lowest BCUT2D eigenvalue weighted by atomic mass is 10.1. The zero-order valence-corrected chi connectivity index (χ0v) is 14.5. The third-order valence-corrected chi connectivity index (χ3v) is 3.82. The van der Waals surface area contributed by atoms with Crippen molar-refractivity contribution in [2.75, 3.05) is 13.1 Å². The SMILES string of the molecule is CC(NCCN(C(=O)OC(C)(C)C)C1CC1)c1ccccc1O. The first-order chi connectivity index (χ1) is 10.8. The van der Waals surface area contributed by atoms with Crippen molar-refractivity contribution in [1.29, 1.82) is 0 Å². The van der Waals surface area contributed by atoms with E-state index in [-0.39, 0.29) is 12.1 Å². The summed E-state index contributed by atoms with van der Waals surface area (Å²) in [5, 5.41) is 13.2. The largest absolute Gasteiger partial charge is 0.508 e. The maximum atomic E-state index is 12.3. The van der Waals surface area contributed by atoms with Gasteiger partial charge in [0.25, 0.3) is 0 Å². The Morgan fingerprint density at radius 2 is 2.04 bits per heavy atom. The molecule has 1 aromatic carbocycles. The summed E-state index contributed by atoms with van der Waals surface area (Å²) < 4.78 is 5.48. The molecule has 1 aliphatic carbocycles. The summed E-state index contributed by atoms with van der Waals surface area (Å²) in [6.07, 6.45) is 1.86. The van der Waals surface area contributed by atoms with Gasteiger partial charge in [0.1, 0.15) is 11.4 Å². The van der Waals surface area contributed by atoms with Gasteiger partial charge in [-0.1, -0.05) is 18.2 Å². The summed E-state index contributed by atoms with van der Waals surface area (Å²) in [5.74, 6) is 0.290. The van der Waals surface area contributed by atoms with Gasteiger partial charge >= 0.3 is 6.09 Å². The third-order valence-electron chi connectivity index (χ3n) is 3.82. The fourth-order valence-corrected chi connectivity index (χ4v) is 2.49. The summed E-state index contributed by atoms with van der Waals surface area (Å²) >= 11 is 0. The van der Waals surface area contributed by atoms with Crippen LogP contribution in [0.25, 0.3) is 0 Å². The standard InChI is InChI=1S/C18H28N2O3/c1-13(15-7-5-6-8-16(15)21)19-11-12-20(14-9-10-14)17(22)23-18(2,3)4/h5-8,13-14,19,21H,9-12H2,1-4H3. The van der Waals surface area contributed by atoms with Crippen molar-refractivity contribution in [2.24, 2.45) is 0 Å². The number of amides is 1. The molecular formula is C18H28N2O3. The first-order valence-electron chi connectivity index (χ1n) is 8.29. The average Bonchev–Trinajstić information content (AvgIpc) is 3.26. The number of phenols is 1. The van der Waals surface area contributed by atoms with Crippen LogP contribution in [-0.4, -0.2) is 40.8 Å². The van der Waals surface area contributed by atoms with E-state index in [9.17, 15) is 9.90 Å². The summed E-state index contributed by atoms with van der Waals surface area (Å²) in [4.78, 5) is 14.1. The molecule has 1 atom stereocenters. The molecule has 23 heavy (non-hydrogen) atoms. The van der Waals surface area contributed by atoms with E-state index in [1.54, 1.807) is 6.07 Å². The van der Waals surface area contributed by atoms with Crippen molar-refractivity contribution < 1.29 is 14.6 Å². The van der Waals surface area contributed by atoms with Crippen LogP contribution in [0.2, 0.25) is 0 Å². The van der Waals surface area contributed by atoms with Crippen LogP contribution in [0.4, 0.5) is 4.79 Å². The Balaban J connectivity index is 1.85. The van der Waals surface area contributed by atoms with Crippen LogP contribution in [0.3, 0.4) is 0 Å². The Morgan fingerprint density at radius 1 is 1.39 bits per heavy atom. The minimum absolute atomic E-state index is 0.0240. The van der Waals surface area contributed by atoms with Crippen molar-refractivity contribution in [3.63, 3.8) is 0 Å². The van der Waals surface area contributed by atoms with Crippen LogP contribution >= 0.6 is 0 Å². The van der Waals surface area contributed by atoms with Crippen LogP contribution in [0.1, 0.15) is 52.1 Å². The zero-order chi connectivity index (χ0) is 17.0. The molecule has 0 saturated heterocycles. The van der Waals surface area contributed by atoms with Crippen LogP contribution in [0.5, 0.6) is 5.75 Å². The van der Waals surface area contributed by atoms with E-state index in [0.29, 0.717) is 24.9 Å². The Bertz CT molecular complexity index is 535. The van der Waals surface area contributed by atoms with Crippen molar-refractivity contribution >= 4 is 6.09 Å². The van der Waals surface area contributed by atoms with Gasteiger partial charge in [-0.15, -0.1) is 0 Å². The molecule has 2 rings (SSSR count). The fourth-order valence-electron chi connectivity index (χ4n) is 2.49. The molecule has 0 heterocycles. The number of benzene rings is 1. The molecule has 5 nitrogen and oxygen atoms in total. The maximum absolute atomic E-state index is 12.3. The first kappa shape index (κ1) is 17.6. The number of rotatable bonds is 6. The molecule has 1 unspecified atom stereocenters. The Morgan fingerprint density at radius 3 is 2.61 bits per heavy atom. The minimum Gasteiger partial charge on any atom is -0.508 e. The number of carbonyl (C=O) groups excluding carboxylic acids is 1. The van der Waals surface area contributed by atoms with Gasteiger partial charge in [-0.2, -0.15) is 0 Å². The molecule has 0 radical (unpaired) electrons. The molecule has 1 fully saturated rings. The van der Waals surface area contributed by atoms with Crippen LogP contribution in [0.15, 0.2) is 24.3 Å². The Labute approximate surface area is 138 Å². The van der Waals surface area contributed by atoms with Crippen LogP contribution in [0, 0.1) is 0 Å². The molecule has 1 amide bonds. The second-order valence-corrected chi connectivity index (χ2v) is 7.14. The molecule has 0 aliphatic heterocycles. The molecule has 1 saturated carbocycles. The summed E-state index contributed by atoms with van der Waals surface area (Å²) in [6.45, 7) is 8.92. The molecule has 2 N–H and O–H groups in total. The highest BCUT2D eigenvalue weighted by atomic mass is 16.6. The number of nitrogens with zero attached hydrogens (tertiary/aromatic N) is 1. The molecular weight excluding hydrogens is 292 g/mol. The third kappa shape index (κ3) is 5.43. The van der Waals surface area contributed by atoms with Crippen molar-refractivity contribution in [2.45, 2.75) is 58.2 Å². The Hall–Kier alpha value is -1.75. The molecule has 1 aliphatic rings. The van der Waals surface area contributed by atoms with Crippen LogP contribution < -0.4 is 5.32 Å². The monoisotopic (exact) mass is 320 g/mol. The van der Waals surface area contributed by atoms with Gasteiger partial charge in [-0.3, -0.25) is 0 Å². The van der Waals surface area contributed by atoms with Gasteiger partial charge in [0.05, 0.1) is 0 Å². The summed E-state index contributed by atoms with van der Waals surface area (Å²) in [7, 11) is 0. The second-order valence-electron chi connectivity index (χ2n) is 7.14. The molecule has 128 valence electrons. The number of hydrogen-bond donors (Lipinski definition) is 2. The van der Waals surface area contributed by atoms with Gasteiger partial charge < -0.3 is 20.1 Å². The van der Waals surface area contributed by atoms with Crippen LogP contribution in [-0.2, 0) is 4.74 Å². The first-order valence-corrected chi connectivity index (χ1v) is 8.29. The maximum Gasteiger partial charge on any atom is 0.410 e. The van der Waals surface area contributed by atoms with Gasteiger partial charge in [0.2, 0.25) is 0 Å². The topological polar surface area (TPSA) is 61.8 Å². The highest BCUT2D eigenvalue weighted by Gasteiger charge is 2.34. The van der Waals surface area contributed by atoms with E-state index in [1.165, 1.54) is 0 Å². The average molecular weight is 320 g/mol. The number of nitrogens with one attached hydrogen (secondary N) is 1. The summed E-state index contributed by atoms with van der Waals surface area (Å²) in [6, 6.07) is 7.64. The number of phenolic OH excluding ortho intramolecular Hbond substituents is 1. The van der Waals surface area contributed by atoms with Gasteiger partial charge in [0.15, 0.2) is 0 Å². The van der Waals surface area contributed by atoms with Gasteiger partial charge in [0, 0.05) is 30.7 Å². The zero-order valence-electron chi connectivity index (χ0n) is 14.5. The Kier molecular flexibility index (Phi) is 5.52. The molecule has 0 aromatic heterocycles. The van der Waals surface area contributed by atoms with Crippen molar-refractivity contribution in [3.05, 3.63) is 29.8 Å². The number of aromatic hydroxyl groups is 1. The molecule has 5 heteroatoms. The predicted molar refractivity (Wildman–Crippen MR) is 90.5 cm³/mol. The predicted octanol–water partition coefficient (Wildman–Crippen LogP) is 3.44. The van der Waals surface area contributed by atoms with E-state index in [2.05, 4.69) is 5.32 Å². The van der Waals surface area contributed by atoms with E-state index in [1.807, 2.05) is 50.8 Å². The van der Waals surface area contributed by atoms with E-state index < -0.39 is 5.60 Å². The van der Waals surface area contributed by atoms with Crippen molar-refractivity contribution in [3.8, 4) is 5.75 Å². The normalized spacial score (nSPS) is 16.0. The summed E-state index contributed by atoms with van der Waals surface area (Å²) in [5.41, 5.74) is 0.392. The van der Waals surface area contributed by atoms with Gasteiger partial charge in [-0.05, 0) is 46.6 Å². The lowest BCUT2D eigenvalue weighted by molar-refractivity contribution is 0.0235. The second kappa shape index (κ2) is 7.21. The number of ether oxygens (including phenoxy) is 1. The van der Waals surface area contributed by atoms with E-state index in [4.69, 9.17) is 4.74 Å². The lowest BCUT2D eigenvalue weighted by Gasteiger charge is -2.28. The highest BCUT2D eigenvalue weighted by Crippen LogP contribution is 2.28. The molecule has 0 spiro atoms. The smallest absolute Gasteiger partial charge is 0.410 e. The molecule has 0 bridgehead atoms. The fraction of sp³-hybridized carbons (Fsp3) is 0.611. The quantitative estimate of drug-likeness (QED) is 0.843. The van der Waals surface area contributed by atoms with E-state index in [0.717, 1.165) is 18.4 Å². The lowest BCUT2D eigenvalue weighted by Crippen LogP contribution is -2.42. The highest BCUT2D eigenvalue weighted by molar-refractivity contribution is 5.69. The van der Waals surface area contributed by atoms with E-state index >= 15 is 0 Å². The number of carbonyl (C=O) groups is 1. The minimum atomic E-state index is -0.471. The van der Waals surface area contributed by atoms with Gasteiger partial charge in [-0.25, -0.2) is 4.79 Å². The number of para-hydroxylation sites is 1. The number of hydrogen-bond acceptors (Lipinski definition) is 4.